The molecule has 1 fully saturated rings. The fourth-order valence-corrected chi connectivity index (χ4v) is 2.95. The van der Waals surface area contributed by atoms with Gasteiger partial charge in [-0.15, -0.1) is 0 Å². The highest BCUT2D eigenvalue weighted by atomic mass is 19.4. The van der Waals surface area contributed by atoms with Crippen molar-refractivity contribution in [2.75, 3.05) is 44.2 Å². The lowest BCUT2D eigenvalue weighted by Crippen LogP contribution is -2.47. The molecule has 9 nitrogen and oxygen atoms in total. The molecule has 152 valence electrons. The molecule has 1 aromatic heterocycles. The maximum atomic E-state index is 12.8. The van der Waals surface area contributed by atoms with E-state index in [9.17, 15) is 23.3 Å². The molecule has 0 spiro atoms. The van der Waals surface area contributed by atoms with E-state index in [4.69, 9.17) is 4.74 Å². The van der Waals surface area contributed by atoms with Crippen LogP contribution in [0.1, 0.15) is 11.3 Å². The van der Waals surface area contributed by atoms with Crippen molar-refractivity contribution in [2.45, 2.75) is 13.1 Å². The zero-order valence-electron chi connectivity index (χ0n) is 15.0. The number of aromatic nitrogens is 2. The minimum Gasteiger partial charge on any atom is -0.473 e. The number of anilines is 1. The van der Waals surface area contributed by atoms with Crippen molar-refractivity contribution in [2.24, 2.45) is 0 Å². The van der Waals surface area contributed by atoms with Crippen LogP contribution in [0, 0.1) is 17.0 Å². The highest BCUT2D eigenvalue weighted by Gasteiger charge is 2.34. The van der Waals surface area contributed by atoms with Crippen LogP contribution in [0.15, 0.2) is 22.8 Å². The number of piperazine rings is 1. The zero-order chi connectivity index (χ0) is 20.3. The van der Waals surface area contributed by atoms with E-state index in [0.29, 0.717) is 57.0 Å². The first-order valence-corrected chi connectivity index (χ1v) is 8.50. The fraction of sp³-hybridized carbons (Fsp3) is 0.500. The minimum absolute atomic E-state index is 0.193. The second kappa shape index (κ2) is 8.00. The van der Waals surface area contributed by atoms with E-state index >= 15 is 0 Å². The second-order valence-corrected chi connectivity index (χ2v) is 6.29. The highest BCUT2D eigenvalue weighted by molar-refractivity contribution is 5.65. The van der Waals surface area contributed by atoms with Crippen molar-refractivity contribution < 1.29 is 27.5 Å². The van der Waals surface area contributed by atoms with Crippen molar-refractivity contribution >= 4 is 11.4 Å². The molecule has 0 radical (unpaired) electrons. The van der Waals surface area contributed by atoms with Crippen LogP contribution in [0.2, 0.25) is 0 Å². The van der Waals surface area contributed by atoms with Gasteiger partial charge in [-0.25, -0.2) is 4.63 Å². The number of ether oxygens (including phenoxy) is 1. The third kappa shape index (κ3) is 4.50. The molecule has 1 aromatic carbocycles. The number of nitro benzene ring substituents is 1. The Bertz CT molecular complexity index is 834. The Kier molecular flexibility index (Phi) is 5.68. The van der Waals surface area contributed by atoms with E-state index in [1.165, 1.54) is 6.07 Å². The van der Waals surface area contributed by atoms with Crippen LogP contribution in [0.5, 0.6) is 5.88 Å². The molecule has 0 atom stereocenters. The summed E-state index contributed by atoms with van der Waals surface area (Å²) in [6.07, 6.45) is -4.63. The zero-order valence-corrected chi connectivity index (χ0v) is 15.0. The fourth-order valence-electron chi connectivity index (χ4n) is 2.95. The van der Waals surface area contributed by atoms with Crippen LogP contribution < -0.4 is 9.64 Å². The van der Waals surface area contributed by atoms with Gasteiger partial charge >= 0.3 is 6.18 Å². The van der Waals surface area contributed by atoms with Crippen LogP contribution in [0.3, 0.4) is 0 Å². The lowest BCUT2D eigenvalue weighted by atomic mass is 10.1. The van der Waals surface area contributed by atoms with Crippen LogP contribution >= 0.6 is 0 Å². The summed E-state index contributed by atoms with van der Waals surface area (Å²) in [5, 5.41) is 18.5. The van der Waals surface area contributed by atoms with E-state index in [1.807, 2.05) is 0 Å². The first-order valence-electron chi connectivity index (χ1n) is 8.50. The molecule has 0 bridgehead atoms. The number of rotatable bonds is 6. The summed E-state index contributed by atoms with van der Waals surface area (Å²) in [4.78, 5) is 14.3. The quantitative estimate of drug-likeness (QED) is 0.538. The Balaban J connectivity index is 1.58. The number of hydrogen-bond acceptors (Lipinski definition) is 8. The molecule has 0 unspecified atom stereocenters. The normalized spacial score (nSPS) is 15.6. The van der Waals surface area contributed by atoms with E-state index in [0.717, 1.165) is 6.07 Å². The number of nitro groups is 1. The molecule has 1 aliphatic rings. The van der Waals surface area contributed by atoms with Gasteiger partial charge in [0.2, 0.25) is 0 Å². The van der Waals surface area contributed by atoms with Crippen molar-refractivity contribution in [1.29, 1.82) is 0 Å². The summed E-state index contributed by atoms with van der Waals surface area (Å²) in [7, 11) is 0. The standard InChI is InChI=1S/C16H18F3N5O4/c1-11-15(21-28-20-11)27-9-8-22-4-6-23(7-5-22)13-3-2-12(16(17,18)19)10-14(13)24(25)26/h2-3,10H,4-9H2,1H3. The largest absolute Gasteiger partial charge is 0.473 e. The predicted octanol–water partition coefficient (Wildman–Crippen LogP) is 2.51. The average Bonchev–Trinajstić information content (AvgIpc) is 3.06. The summed E-state index contributed by atoms with van der Waals surface area (Å²) in [6, 6.07) is 2.63. The van der Waals surface area contributed by atoms with E-state index < -0.39 is 22.4 Å². The van der Waals surface area contributed by atoms with Gasteiger partial charge in [-0.3, -0.25) is 15.0 Å². The Morgan fingerprint density at radius 1 is 1.25 bits per heavy atom. The van der Waals surface area contributed by atoms with Crippen LogP contribution in [-0.2, 0) is 6.18 Å². The molecule has 0 saturated carbocycles. The smallest absolute Gasteiger partial charge is 0.416 e. The second-order valence-electron chi connectivity index (χ2n) is 6.29. The highest BCUT2D eigenvalue weighted by Crippen LogP contribution is 2.36. The summed E-state index contributed by atoms with van der Waals surface area (Å²) < 4.78 is 48.5. The van der Waals surface area contributed by atoms with Gasteiger partial charge < -0.3 is 9.64 Å². The van der Waals surface area contributed by atoms with Crippen molar-refractivity contribution in [3.05, 3.63) is 39.6 Å². The van der Waals surface area contributed by atoms with Crippen molar-refractivity contribution in [3.63, 3.8) is 0 Å². The number of nitrogens with zero attached hydrogens (tertiary/aromatic N) is 5. The maximum absolute atomic E-state index is 12.8. The van der Waals surface area contributed by atoms with Gasteiger partial charge in [-0.2, -0.15) is 13.2 Å². The average molecular weight is 401 g/mol. The van der Waals surface area contributed by atoms with Gasteiger partial charge in [0.05, 0.1) is 10.5 Å². The summed E-state index contributed by atoms with van der Waals surface area (Å²) >= 11 is 0. The van der Waals surface area contributed by atoms with Gasteiger partial charge in [0.15, 0.2) is 0 Å². The minimum atomic E-state index is -4.63. The lowest BCUT2D eigenvalue weighted by Gasteiger charge is -2.35. The van der Waals surface area contributed by atoms with Crippen LogP contribution in [-0.4, -0.2) is 59.5 Å². The molecule has 0 aliphatic carbocycles. The number of halogens is 3. The summed E-state index contributed by atoms with van der Waals surface area (Å²) in [6.45, 7) is 4.79. The maximum Gasteiger partial charge on any atom is 0.416 e. The number of alkyl halides is 3. The third-order valence-electron chi connectivity index (χ3n) is 4.47. The topological polar surface area (TPSA) is 97.8 Å². The van der Waals surface area contributed by atoms with Gasteiger partial charge in [-0.05, 0) is 24.2 Å². The van der Waals surface area contributed by atoms with E-state index in [1.54, 1.807) is 11.8 Å². The molecular formula is C16H18F3N5O4. The van der Waals surface area contributed by atoms with Gasteiger partial charge in [0, 0.05) is 38.8 Å². The Hall–Kier alpha value is -2.89. The molecule has 12 heteroatoms. The molecule has 3 rings (SSSR count). The Morgan fingerprint density at radius 2 is 1.96 bits per heavy atom. The number of benzene rings is 1. The van der Waals surface area contributed by atoms with Gasteiger partial charge in [0.1, 0.15) is 18.0 Å². The first kappa shape index (κ1) is 19.9. The Labute approximate surface area is 157 Å². The van der Waals surface area contributed by atoms with E-state index in [-0.39, 0.29) is 5.69 Å². The van der Waals surface area contributed by atoms with Crippen LogP contribution in [0.4, 0.5) is 24.5 Å². The monoisotopic (exact) mass is 401 g/mol. The van der Waals surface area contributed by atoms with Crippen molar-refractivity contribution in [3.8, 4) is 5.88 Å². The molecule has 1 saturated heterocycles. The number of aryl methyl sites for hydroxylation is 1. The van der Waals surface area contributed by atoms with Crippen molar-refractivity contribution in [1.82, 2.24) is 15.2 Å². The first-order chi connectivity index (χ1) is 13.3. The molecule has 2 heterocycles. The molecule has 2 aromatic rings. The number of hydrogen-bond donors (Lipinski definition) is 0. The van der Waals surface area contributed by atoms with Crippen LogP contribution in [0.25, 0.3) is 0 Å². The van der Waals surface area contributed by atoms with Gasteiger partial charge in [0.25, 0.3) is 11.6 Å². The molecule has 0 amide bonds. The molecule has 1 aliphatic heterocycles. The van der Waals surface area contributed by atoms with E-state index in [2.05, 4.69) is 19.8 Å². The lowest BCUT2D eigenvalue weighted by molar-refractivity contribution is -0.384. The SMILES string of the molecule is Cc1nonc1OCCN1CCN(c2ccc(C(F)(F)F)cc2[N+](=O)[O-])CC1. The Morgan fingerprint density at radius 3 is 2.54 bits per heavy atom. The summed E-state index contributed by atoms with van der Waals surface area (Å²) in [5.74, 6) is 0.332. The predicted molar refractivity (Wildman–Crippen MR) is 91.3 cm³/mol. The third-order valence-corrected chi connectivity index (χ3v) is 4.47. The molecular weight excluding hydrogens is 383 g/mol. The summed E-state index contributed by atoms with van der Waals surface area (Å²) in [5.41, 5.74) is -0.824. The van der Waals surface area contributed by atoms with Gasteiger partial charge in [-0.1, -0.05) is 5.16 Å². The molecule has 0 N–H and O–H groups in total. The molecule has 28 heavy (non-hydrogen) atoms.